The fraction of sp³-hybridized carbons (Fsp3) is 0.483. The van der Waals surface area contributed by atoms with E-state index < -0.39 is 8.32 Å². The quantitative estimate of drug-likeness (QED) is 0.232. The zero-order valence-corrected chi connectivity index (χ0v) is 24.8. The summed E-state index contributed by atoms with van der Waals surface area (Å²) in [7, 11) is -1.73. The Morgan fingerprint density at radius 1 is 1.22 bits per heavy atom. The van der Waals surface area contributed by atoms with Crippen LogP contribution in [-0.4, -0.2) is 36.9 Å². The maximum atomic E-state index is 9.59. The number of nitriles is 1. The number of benzene rings is 2. The zero-order chi connectivity index (χ0) is 26.8. The van der Waals surface area contributed by atoms with Gasteiger partial charge < -0.3 is 14.5 Å². The molecule has 3 aromatic rings. The lowest BCUT2D eigenvalue weighted by atomic mass is 10.0. The lowest BCUT2D eigenvalue weighted by Gasteiger charge is -2.36. The molecule has 1 N–H and O–H groups in total. The first-order chi connectivity index (χ1) is 17.5. The van der Waals surface area contributed by atoms with E-state index in [0.29, 0.717) is 17.4 Å². The molecule has 0 saturated carbocycles. The van der Waals surface area contributed by atoms with Crippen molar-refractivity contribution in [2.45, 2.75) is 77.7 Å². The second-order valence-electron chi connectivity index (χ2n) is 11.4. The molecule has 0 amide bonds. The van der Waals surface area contributed by atoms with Gasteiger partial charge in [0.25, 0.3) is 0 Å². The number of nitrogens with one attached hydrogen (secondary N) is 1. The van der Waals surface area contributed by atoms with Gasteiger partial charge in [0, 0.05) is 30.3 Å². The average Bonchev–Trinajstić information content (AvgIpc) is 3.49. The number of hydrogen-bond acceptors (Lipinski definition) is 7. The van der Waals surface area contributed by atoms with E-state index in [-0.39, 0.29) is 11.1 Å². The van der Waals surface area contributed by atoms with Crippen LogP contribution in [0.2, 0.25) is 18.1 Å². The fourth-order valence-electron chi connectivity index (χ4n) is 4.39. The molecule has 1 aromatic heterocycles. The van der Waals surface area contributed by atoms with Gasteiger partial charge in [-0.1, -0.05) is 39.0 Å². The van der Waals surface area contributed by atoms with Gasteiger partial charge in [-0.25, -0.2) is 4.98 Å². The molecule has 0 saturated heterocycles. The second kappa shape index (κ2) is 11.0. The van der Waals surface area contributed by atoms with Crippen LogP contribution < -0.4 is 10.1 Å². The summed E-state index contributed by atoms with van der Waals surface area (Å²) in [6.07, 6.45) is 2.07. The number of nitrogens with zero attached hydrogens (tertiary/aromatic N) is 3. The summed E-state index contributed by atoms with van der Waals surface area (Å²) in [5.74, 6) is 1.35. The molecule has 1 aliphatic rings. The van der Waals surface area contributed by atoms with Gasteiger partial charge in [-0.2, -0.15) is 9.64 Å². The predicted octanol–water partition coefficient (Wildman–Crippen LogP) is 7.13. The normalized spacial score (nSPS) is 15.6. The minimum Gasteiger partial charge on any atom is -0.490 e. The van der Waals surface area contributed by atoms with Crippen molar-refractivity contribution in [3.63, 3.8) is 0 Å². The van der Waals surface area contributed by atoms with Gasteiger partial charge in [0.2, 0.25) is 0 Å². The van der Waals surface area contributed by atoms with Crippen molar-refractivity contribution >= 4 is 19.8 Å². The Kier molecular flexibility index (Phi) is 8.19. The molecule has 196 valence electrons. The van der Waals surface area contributed by atoms with Crippen LogP contribution in [0.4, 0.5) is 0 Å². The molecule has 1 atom stereocenters. The van der Waals surface area contributed by atoms with Gasteiger partial charge in [0.05, 0.1) is 11.7 Å². The van der Waals surface area contributed by atoms with E-state index in [0.717, 1.165) is 48.0 Å². The third kappa shape index (κ3) is 6.12. The maximum absolute atomic E-state index is 9.59. The summed E-state index contributed by atoms with van der Waals surface area (Å²) in [6.45, 7) is 16.9. The van der Waals surface area contributed by atoms with E-state index in [1.807, 2.05) is 32.0 Å². The molecule has 8 heteroatoms. The summed E-state index contributed by atoms with van der Waals surface area (Å²) in [6, 6.07) is 14.6. The highest BCUT2D eigenvalue weighted by molar-refractivity contribution is 7.09. The third-order valence-electron chi connectivity index (χ3n) is 7.41. The number of fused-ring (bicyclic) bond motifs is 1. The summed E-state index contributed by atoms with van der Waals surface area (Å²) in [5, 5.41) is 14.3. The second-order valence-corrected chi connectivity index (χ2v) is 17.0. The molecule has 0 spiro atoms. The molecule has 0 radical (unpaired) electrons. The van der Waals surface area contributed by atoms with E-state index in [9.17, 15) is 5.26 Å². The van der Waals surface area contributed by atoms with Gasteiger partial charge in [-0.3, -0.25) is 0 Å². The summed E-state index contributed by atoms with van der Waals surface area (Å²) in [4.78, 5) is 4.87. The van der Waals surface area contributed by atoms with Crippen LogP contribution in [0.25, 0.3) is 22.0 Å². The van der Waals surface area contributed by atoms with Crippen LogP contribution >= 0.6 is 11.5 Å². The molecule has 2 aromatic carbocycles. The number of rotatable bonds is 9. The fourth-order valence-corrected chi connectivity index (χ4v) is 6.11. The Hall–Kier alpha value is -2.57. The van der Waals surface area contributed by atoms with E-state index in [1.165, 1.54) is 22.7 Å². The molecule has 0 unspecified atom stereocenters. The van der Waals surface area contributed by atoms with Crippen molar-refractivity contribution in [2.75, 3.05) is 13.2 Å². The largest absolute Gasteiger partial charge is 0.490 e. The SMILES string of the molecule is CC(C)Oc1ccc(-c2nc(-c3cccc4c3CC[C@H]4NCCO[Si](C)(C)C(C)(C)C)ns2)cc1C#N. The van der Waals surface area contributed by atoms with E-state index in [2.05, 4.69) is 63.5 Å². The minimum atomic E-state index is -1.73. The van der Waals surface area contributed by atoms with Crippen LogP contribution in [0.1, 0.15) is 63.8 Å². The summed E-state index contributed by atoms with van der Waals surface area (Å²) < 4.78 is 16.8. The van der Waals surface area contributed by atoms with Crippen LogP contribution in [0.15, 0.2) is 36.4 Å². The number of ether oxygens (including phenoxy) is 1. The number of aromatic nitrogens is 2. The molecular weight excluding hydrogens is 496 g/mol. The molecule has 4 rings (SSSR count). The topological polar surface area (TPSA) is 80.1 Å². The summed E-state index contributed by atoms with van der Waals surface area (Å²) >= 11 is 1.36. The Morgan fingerprint density at radius 2 is 2.00 bits per heavy atom. The van der Waals surface area contributed by atoms with Crippen molar-refractivity contribution in [3.8, 4) is 33.8 Å². The van der Waals surface area contributed by atoms with Crippen LogP contribution in [0.5, 0.6) is 5.75 Å². The molecule has 37 heavy (non-hydrogen) atoms. The van der Waals surface area contributed by atoms with E-state index in [1.54, 1.807) is 0 Å². The van der Waals surface area contributed by atoms with Crippen molar-refractivity contribution < 1.29 is 9.16 Å². The molecular formula is C29H38N4O2SSi. The van der Waals surface area contributed by atoms with Crippen LogP contribution in [-0.2, 0) is 10.8 Å². The average molecular weight is 535 g/mol. The Labute approximate surface area is 226 Å². The number of hydrogen-bond donors (Lipinski definition) is 1. The van der Waals surface area contributed by atoms with Crippen LogP contribution in [0, 0.1) is 11.3 Å². The summed E-state index contributed by atoms with van der Waals surface area (Å²) in [5.41, 5.74) is 5.15. The minimum absolute atomic E-state index is 0.00860. The Morgan fingerprint density at radius 3 is 2.70 bits per heavy atom. The van der Waals surface area contributed by atoms with Crippen LogP contribution in [0.3, 0.4) is 0 Å². The first kappa shape index (κ1) is 27.5. The molecule has 1 heterocycles. The lowest BCUT2D eigenvalue weighted by Crippen LogP contribution is -2.42. The first-order valence-electron chi connectivity index (χ1n) is 13.0. The van der Waals surface area contributed by atoms with Crippen molar-refractivity contribution in [1.29, 1.82) is 5.26 Å². The van der Waals surface area contributed by atoms with Gasteiger partial charge in [0.1, 0.15) is 16.8 Å². The van der Waals surface area contributed by atoms with Crippen molar-refractivity contribution in [3.05, 3.63) is 53.1 Å². The maximum Gasteiger partial charge on any atom is 0.192 e. The smallest absolute Gasteiger partial charge is 0.192 e. The molecule has 0 bridgehead atoms. The van der Waals surface area contributed by atoms with Gasteiger partial charge >= 0.3 is 0 Å². The zero-order valence-electron chi connectivity index (χ0n) is 23.0. The lowest BCUT2D eigenvalue weighted by molar-refractivity contribution is 0.242. The predicted molar refractivity (Wildman–Crippen MR) is 153 cm³/mol. The van der Waals surface area contributed by atoms with Crippen molar-refractivity contribution in [2.24, 2.45) is 0 Å². The monoisotopic (exact) mass is 534 g/mol. The van der Waals surface area contributed by atoms with Gasteiger partial charge in [-0.15, -0.1) is 0 Å². The third-order valence-corrected chi connectivity index (χ3v) is 12.7. The first-order valence-corrected chi connectivity index (χ1v) is 16.7. The molecule has 0 fully saturated rings. The highest BCUT2D eigenvalue weighted by Crippen LogP contribution is 2.39. The molecule has 0 aliphatic heterocycles. The highest BCUT2D eigenvalue weighted by Gasteiger charge is 2.37. The van der Waals surface area contributed by atoms with E-state index in [4.69, 9.17) is 18.5 Å². The molecule has 6 nitrogen and oxygen atoms in total. The molecule has 1 aliphatic carbocycles. The van der Waals surface area contributed by atoms with Gasteiger partial charge in [0.15, 0.2) is 14.1 Å². The Balaban J connectivity index is 1.47. The van der Waals surface area contributed by atoms with E-state index >= 15 is 0 Å². The highest BCUT2D eigenvalue weighted by atomic mass is 32.1. The van der Waals surface area contributed by atoms with Crippen molar-refractivity contribution in [1.82, 2.24) is 14.7 Å². The van der Waals surface area contributed by atoms with Gasteiger partial charge in [-0.05, 0) is 85.7 Å². The standard InChI is InChI=1S/C29H38N4O2SSi/c1-19(2)35-26-14-11-20(17-21(26)18-30)28-32-27(33-36-28)24-10-8-9-23-22(24)12-13-25(23)31-15-16-34-37(6,7)29(3,4)5/h8-11,14,17,19,25,31H,12-13,15-16H2,1-7H3/t25-/m1/s1. The Bertz CT molecular complexity index is 1290.